The van der Waals surface area contributed by atoms with E-state index in [1.807, 2.05) is 24.3 Å². The Hall–Kier alpha value is -2.82. The van der Waals surface area contributed by atoms with Crippen LogP contribution in [-0.4, -0.2) is 17.3 Å². The van der Waals surface area contributed by atoms with Gasteiger partial charge in [-0.15, -0.1) is 5.10 Å². The first-order valence-corrected chi connectivity index (χ1v) is 10.1. The van der Waals surface area contributed by atoms with E-state index in [9.17, 15) is 0 Å². The highest BCUT2D eigenvalue weighted by molar-refractivity contribution is 5.57. The molecule has 0 atom stereocenters. The third kappa shape index (κ3) is 4.71. The fourth-order valence-corrected chi connectivity index (χ4v) is 3.85. The largest absolute Gasteiger partial charge is 0.497 e. The lowest BCUT2D eigenvalue weighted by Gasteiger charge is -2.21. The van der Waals surface area contributed by atoms with Gasteiger partial charge in [0.1, 0.15) is 5.75 Å². The summed E-state index contributed by atoms with van der Waals surface area (Å²) in [5.74, 6) is 2.24. The quantitative estimate of drug-likeness (QED) is 0.547. The summed E-state index contributed by atoms with van der Waals surface area (Å²) in [4.78, 5) is 0. The summed E-state index contributed by atoms with van der Waals surface area (Å²) in [5.41, 5.74) is 3.19. The number of rotatable bonds is 7. The molecule has 4 rings (SSSR count). The van der Waals surface area contributed by atoms with Gasteiger partial charge in [-0.3, -0.25) is 0 Å². The van der Waals surface area contributed by atoms with Crippen molar-refractivity contribution >= 4 is 11.7 Å². The molecule has 1 N–H and O–H groups in total. The van der Waals surface area contributed by atoms with E-state index in [1.54, 1.807) is 7.11 Å². The first-order valence-electron chi connectivity index (χ1n) is 10.1. The summed E-state index contributed by atoms with van der Waals surface area (Å²) in [6.07, 6.45) is 9.51. The summed E-state index contributed by atoms with van der Waals surface area (Å²) < 4.78 is 10.9. The minimum atomic E-state index is 0.376. The number of benzene rings is 2. The SMILES string of the molecule is COc1ccc(Nc2nnc(-c3ccc(CCC4CCCCC4)cc3)o2)cc1. The summed E-state index contributed by atoms with van der Waals surface area (Å²) in [6.45, 7) is 0. The number of nitrogens with zero attached hydrogens (tertiary/aromatic N) is 2. The summed E-state index contributed by atoms with van der Waals surface area (Å²) in [6, 6.07) is 16.5. The van der Waals surface area contributed by atoms with E-state index in [2.05, 4.69) is 39.8 Å². The van der Waals surface area contributed by atoms with Crippen LogP contribution in [0.4, 0.5) is 11.7 Å². The predicted octanol–water partition coefficient (Wildman–Crippen LogP) is 6.00. The molecule has 0 radical (unpaired) electrons. The van der Waals surface area contributed by atoms with Crippen LogP contribution in [0.2, 0.25) is 0 Å². The van der Waals surface area contributed by atoms with Crippen LogP contribution < -0.4 is 10.1 Å². The van der Waals surface area contributed by atoms with E-state index >= 15 is 0 Å². The van der Waals surface area contributed by atoms with Crippen LogP contribution in [0, 0.1) is 5.92 Å². The number of hydrogen-bond donors (Lipinski definition) is 1. The van der Waals surface area contributed by atoms with Crippen LogP contribution in [0.15, 0.2) is 52.9 Å². The van der Waals surface area contributed by atoms with Crippen LogP contribution >= 0.6 is 0 Å². The molecule has 0 bridgehead atoms. The van der Waals surface area contributed by atoms with Crippen molar-refractivity contribution in [3.05, 3.63) is 54.1 Å². The van der Waals surface area contributed by atoms with Crippen LogP contribution in [0.3, 0.4) is 0 Å². The molecule has 0 amide bonds. The van der Waals surface area contributed by atoms with Gasteiger partial charge in [0, 0.05) is 11.3 Å². The highest BCUT2D eigenvalue weighted by Gasteiger charge is 2.13. The van der Waals surface area contributed by atoms with Gasteiger partial charge in [0.25, 0.3) is 0 Å². The number of anilines is 2. The monoisotopic (exact) mass is 377 g/mol. The zero-order valence-corrected chi connectivity index (χ0v) is 16.4. The van der Waals surface area contributed by atoms with Gasteiger partial charge in [0.15, 0.2) is 0 Å². The maximum absolute atomic E-state index is 5.76. The number of ether oxygens (including phenoxy) is 1. The first-order chi connectivity index (χ1) is 13.8. The zero-order valence-electron chi connectivity index (χ0n) is 16.4. The molecule has 0 saturated heterocycles. The molecular formula is C23H27N3O2. The molecule has 0 unspecified atom stereocenters. The van der Waals surface area contributed by atoms with Gasteiger partial charge in [-0.1, -0.05) is 49.3 Å². The van der Waals surface area contributed by atoms with E-state index < -0.39 is 0 Å². The minimum absolute atomic E-state index is 0.376. The van der Waals surface area contributed by atoms with Crippen LogP contribution in [0.5, 0.6) is 5.75 Å². The van der Waals surface area contributed by atoms with Crippen molar-refractivity contribution in [2.45, 2.75) is 44.9 Å². The molecule has 3 aromatic rings. The Morgan fingerprint density at radius 1 is 0.964 bits per heavy atom. The standard InChI is InChI=1S/C23H27N3O2/c1-27-21-15-13-20(14-16-21)24-23-26-25-22(28-23)19-11-9-18(10-12-19)8-7-17-5-3-2-4-6-17/h9-17H,2-8H2,1H3,(H,24,26). The summed E-state index contributed by atoms with van der Waals surface area (Å²) in [5, 5.41) is 11.4. The molecule has 1 heterocycles. The molecule has 1 aliphatic rings. The van der Waals surface area contributed by atoms with Crippen LogP contribution in [0.25, 0.3) is 11.5 Å². The molecule has 2 aromatic carbocycles. The lowest BCUT2D eigenvalue weighted by Crippen LogP contribution is -2.07. The molecule has 0 aliphatic heterocycles. The Labute approximate surface area is 166 Å². The number of hydrogen-bond acceptors (Lipinski definition) is 5. The topological polar surface area (TPSA) is 60.2 Å². The third-order valence-corrected chi connectivity index (χ3v) is 5.53. The fourth-order valence-electron chi connectivity index (χ4n) is 3.85. The molecule has 28 heavy (non-hydrogen) atoms. The Morgan fingerprint density at radius 2 is 1.71 bits per heavy atom. The molecule has 146 valence electrons. The lowest BCUT2D eigenvalue weighted by molar-refractivity contribution is 0.339. The number of methoxy groups -OCH3 is 1. The summed E-state index contributed by atoms with van der Waals surface area (Å²) in [7, 11) is 1.65. The Bertz CT molecular complexity index is 866. The van der Waals surface area contributed by atoms with Crippen LogP contribution in [-0.2, 0) is 6.42 Å². The number of aromatic nitrogens is 2. The van der Waals surface area contributed by atoms with Gasteiger partial charge in [0.05, 0.1) is 7.11 Å². The van der Waals surface area contributed by atoms with Gasteiger partial charge in [-0.2, -0.15) is 0 Å². The fraction of sp³-hybridized carbons (Fsp3) is 0.391. The maximum Gasteiger partial charge on any atom is 0.320 e. The van der Waals surface area contributed by atoms with E-state index in [1.165, 1.54) is 44.1 Å². The van der Waals surface area contributed by atoms with E-state index in [0.29, 0.717) is 11.9 Å². The van der Waals surface area contributed by atoms with Gasteiger partial charge in [-0.25, -0.2) is 0 Å². The molecule has 1 fully saturated rings. The van der Waals surface area contributed by atoms with Gasteiger partial charge >= 0.3 is 6.01 Å². The minimum Gasteiger partial charge on any atom is -0.497 e. The normalized spacial score (nSPS) is 14.8. The highest BCUT2D eigenvalue weighted by atomic mass is 16.5. The Kier molecular flexibility index (Phi) is 5.90. The third-order valence-electron chi connectivity index (χ3n) is 5.53. The average Bonchev–Trinajstić information content (AvgIpc) is 3.22. The molecular weight excluding hydrogens is 350 g/mol. The molecule has 1 aromatic heterocycles. The molecule has 0 spiro atoms. The Morgan fingerprint density at radius 3 is 2.43 bits per heavy atom. The second-order valence-electron chi connectivity index (χ2n) is 7.51. The number of aryl methyl sites for hydroxylation is 1. The second kappa shape index (κ2) is 8.91. The van der Waals surface area contributed by atoms with Crippen molar-refractivity contribution in [2.24, 2.45) is 5.92 Å². The molecule has 1 saturated carbocycles. The van der Waals surface area contributed by atoms with Gasteiger partial charge in [-0.05, 0) is 60.7 Å². The Balaban J connectivity index is 1.35. The van der Waals surface area contributed by atoms with Crippen LogP contribution in [0.1, 0.15) is 44.1 Å². The molecule has 1 aliphatic carbocycles. The lowest BCUT2D eigenvalue weighted by atomic mass is 9.85. The number of nitrogens with one attached hydrogen (secondary N) is 1. The van der Waals surface area contributed by atoms with Crippen molar-refractivity contribution in [3.8, 4) is 17.2 Å². The molecule has 5 heteroatoms. The van der Waals surface area contributed by atoms with Gasteiger partial charge < -0.3 is 14.5 Å². The first kappa shape index (κ1) is 18.5. The smallest absolute Gasteiger partial charge is 0.320 e. The van der Waals surface area contributed by atoms with Crippen molar-refractivity contribution in [1.29, 1.82) is 0 Å². The average molecular weight is 377 g/mol. The molecule has 5 nitrogen and oxygen atoms in total. The predicted molar refractivity (Wildman–Crippen MR) is 111 cm³/mol. The summed E-state index contributed by atoms with van der Waals surface area (Å²) >= 11 is 0. The van der Waals surface area contributed by atoms with E-state index in [-0.39, 0.29) is 0 Å². The second-order valence-corrected chi connectivity index (χ2v) is 7.51. The van der Waals surface area contributed by atoms with Crippen molar-refractivity contribution in [1.82, 2.24) is 10.2 Å². The maximum atomic E-state index is 5.76. The van der Waals surface area contributed by atoms with Crippen molar-refractivity contribution < 1.29 is 9.15 Å². The van der Waals surface area contributed by atoms with Crippen molar-refractivity contribution in [3.63, 3.8) is 0 Å². The van der Waals surface area contributed by atoms with E-state index in [4.69, 9.17) is 9.15 Å². The van der Waals surface area contributed by atoms with E-state index in [0.717, 1.165) is 29.3 Å². The zero-order chi connectivity index (χ0) is 19.2. The van der Waals surface area contributed by atoms with Gasteiger partial charge in [0.2, 0.25) is 5.89 Å². The highest BCUT2D eigenvalue weighted by Crippen LogP contribution is 2.28. The van der Waals surface area contributed by atoms with Crippen molar-refractivity contribution in [2.75, 3.05) is 12.4 Å².